The molecule has 0 aliphatic heterocycles. The van der Waals surface area contributed by atoms with Crippen LogP contribution in [0.1, 0.15) is 27.7 Å². The van der Waals surface area contributed by atoms with Crippen LogP contribution in [0.2, 0.25) is 0 Å². The van der Waals surface area contributed by atoms with Gasteiger partial charge in [0.2, 0.25) is 5.91 Å². The molecule has 0 bridgehead atoms. The molecule has 15 heavy (non-hydrogen) atoms. The Balaban J connectivity index is 4.24. The first-order valence-electron chi connectivity index (χ1n) is 5.29. The van der Waals surface area contributed by atoms with Gasteiger partial charge in [-0.15, -0.1) is 0 Å². The second kappa shape index (κ2) is 4.94. The molecule has 0 saturated heterocycles. The van der Waals surface area contributed by atoms with E-state index in [4.69, 9.17) is 5.73 Å². The highest BCUT2D eigenvalue weighted by atomic mass is 16.2. The second-order valence-electron chi connectivity index (χ2n) is 5.48. The lowest BCUT2D eigenvalue weighted by molar-refractivity contribution is -0.129. The van der Waals surface area contributed by atoms with Gasteiger partial charge < -0.3 is 16.0 Å². The molecular weight excluding hydrogens is 190 g/mol. The molecule has 0 radical (unpaired) electrons. The standard InChI is InChI=1S/C11H25N3O/c1-10(2,7-12)9(15)13-8-11(3,4)14(5)6/h7-8,12H2,1-6H3,(H,13,15). The van der Waals surface area contributed by atoms with Gasteiger partial charge in [-0.25, -0.2) is 0 Å². The molecule has 4 heteroatoms. The van der Waals surface area contributed by atoms with Gasteiger partial charge >= 0.3 is 0 Å². The summed E-state index contributed by atoms with van der Waals surface area (Å²) < 4.78 is 0. The average molecular weight is 215 g/mol. The first-order chi connectivity index (χ1) is 6.63. The number of hydrogen-bond donors (Lipinski definition) is 2. The topological polar surface area (TPSA) is 58.4 Å². The first kappa shape index (κ1) is 14.4. The Bertz CT molecular complexity index is 222. The number of nitrogens with zero attached hydrogens (tertiary/aromatic N) is 1. The van der Waals surface area contributed by atoms with E-state index in [1.807, 2.05) is 27.9 Å². The van der Waals surface area contributed by atoms with Gasteiger partial charge in [0.25, 0.3) is 0 Å². The van der Waals surface area contributed by atoms with E-state index in [0.29, 0.717) is 13.1 Å². The van der Waals surface area contributed by atoms with Crippen molar-refractivity contribution in [3.05, 3.63) is 0 Å². The van der Waals surface area contributed by atoms with E-state index in [1.54, 1.807) is 0 Å². The Kier molecular flexibility index (Phi) is 4.74. The largest absolute Gasteiger partial charge is 0.354 e. The highest BCUT2D eigenvalue weighted by Gasteiger charge is 2.28. The summed E-state index contributed by atoms with van der Waals surface area (Å²) >= 11 is 0. The highest BCUT2D eigenvalue weighted by Crippen LogP contribution is 2.14. The van der Waals surface area contributed by atoms with Crippen molar-refractivity contribution in [1.82, 2.24) is 10.2 Å². The minimum Gasteiger partial charge on any atom is -0.354 e. The van der Waals surface area contributed by atoms with E-state index >= 15 is 0 Å². The Morgan fingerprint density at radius 3 is 2.07 bits per heavy atom. The van der Waals surface area contributed by atoms with E-state index in [1.165, 1.54) is 0 Å². The fourth-order valence-corrected chi connectivity index (χ4v) is 0.787. The van der Waals surface area contributed by atoms with Crippen LogP contribution in [0.5, 0.6) is 0 Å². The van der Waals surface area contributed by atoms with Gasteiger partial charge in [-0.05, 0) is 41.8 Å². The number of hydrogen-bond acceptors (Lipinski definition) is 3. The second-order valence-corrected chi connectivity index (χ2v) is 5.48. The molecule has 90 valence electrons. The molecule has 4 nitrogen and oxygen atoms in total. The molecule has 0 aliphatic carbocycles. The summed E-state index contributed by atoms with van der Waals surface area (Å²) in [4.78, 5) is 13.8. The number of amides is 1. The molecule has 1 amide bonds. The molecule has 0 heterocycles. The van der Waals surface area contributed by atoms with Crippen LogP contribution in [0.4, 0.5) is 0 Å². The maximum absolute atomic E-state index is 11.8. The van der Waals surface area contributed by atoms with Crippen LogP contribution < -0.4 is 11.1 Å². The third-order valence-electron chi connectivity index (χ3n) is 3.02. The van der Waals surface area contributed by atoms with E-state index in [0.717, 1.165) is 0 Å². The fourth-order valence-electron chi connectivity index (χ4n) is 0.787. The Hall–Kier alpha value is -0.610. The number of carbonyl (C=O) groups excluding carboxylic acids is 1. The minimum absolute atomic E-state index is 0.0138. The van der Waals surface area contributed by atoms with Crippen LogP contribution >= 0.6 is 0 Å². The quantitative estimate of drug-likeness (QED) is 0.699. The number of nitrogens with one attached hydrogen (secondary N) is 1. The van der Waals surface area contributed by atoms with Crippen molar-refractivity contribution < 1.29 is 4.79 Å². The van der Waals surface area contributed by atoms with Gasteiger partial charge in [-0.3, -0.25) is 4.79 Å². The van der Waals surface area contributed by atoms with E-state index < -0.39 is 5.41 Å². The summed E-state index contributed by atoms with van der Waals surface area (Å²) in [5, 5.41) is 2.93. The molecule has 0 saturated carbocycles. The third-order valence-corrected chi connectivity index (χ3v) is 3.02. The smallest absolute Gasteiger partial charge is 0.226 e. The summed E-state index contributed by atoms with van der Waals surface area (Å²) in [5.41, 5.74) is 5.01. The van der Waals surface area contributed by atoms with E-state index in [9.17, 15) is 4.79 Å². The third kappa shape index (κ3) is 4.18. The maximum Gasteiger partial charge on any atom is 0.226 e. The Labute approximate surface area is 93.2 Å². The van der Waals surface area contributed by atoms with Crippen LogP contribution in [0.15, 0.2) is 0 Å². The van der Waals surface area contributed by atoms with Crippen LogP contribution in [0.3, 0.4) is 0 Å². The summed E-state index contributed by atoms with van der Waals surface area (Å²) in [5.74, 6) is 0.0138. The van der Waals surface area contributed by atoms with Crippen LogP contribution in [0.25, 0.3) is 0 Å². The Morgan fingerprint density at radius 2 is 1.73 bits per heavy atom. The number of nitrogens with two attached hydrogens (primary N) is 1. The number of likely N-dealkylation sites (N-methyl/N-ethyl adjacent to an activating group) is 1. The van der Waals surface area contributed by atoms with Crippen molar-refractivity contribution >= 4 is 5.91 Å². The predicted octanol–water partition coefficient (Wildman–Crippen LogP) is 0.428. The molecule has 0 atom stereocenters. The first-order valence-corrected chi connectivity index (χ1v) is 5.29. The van der Waals surface area contributed by atoms with Crippen molar-refractivity contribution in [2.24, 2.45) is 11.1 Å². The zero-order chi connectivity index (χ0) is 12.3. The monoisotopic (exact) mass is 215 g/mol. The summed E-state index contributed by atoms with van der Waals surface area (Å²) in [6.45, 7) is 8.87. The zero-order valence-corrected chi connectivity index (χ0v) is 10.8. The van der Waals surface area contributed by atoms with Gasteiger partial charge in [-0.2, -0.15) is 0 Å². The van der Waals surface area contributed by atoms with Crippen LogP contribution in [-0.4, -0.2) is 43.5 Å². The molecule has 0 spiro atoms. The van der Waals surface area contributed by atoms with Crippen LogP contribution in [-0.2, 0) is 4.79 Å². The van der Waals surface area contributed by atoms with Crippen molar-refractivity contribution in [2.45, 2.75) is 33.2 Å². The Morgan fingerprint density at radius 1 is 1.27 bits per heavy atom. The van der Waals surface area contributed by atoms with Gasteiger partial charge in [0, 0.05) is 18.6 Å². The van der Waals surface area contributed by atoms with Gasteiger partial charge in [-0.1, -0.05) is 0 Å². The van der Waals surface area contributed by atoms with Crippen molar-refractivity contribution in [1.29, 1.82) is 0 Å². The summed E-state index contributed by atoms with van der Waals surface area (Å²) in [6, 6.07) is 0. The fraction of sp³-hybridized carbons (Fsp3) is 0.909. The van der Waals surface area contributed by atoms with Crippen molar-refractivity contribution in [3.8, 4) is 0 Å². The molecule has 0 aromatic heterocycles. The number of rotatable bonds is 5. The molecule has 0 unspecified atom stereocenters. The zero-order valence-electron chi connectivity index (χ0n) is 10.8. The van der Waals surface area contributed by atoms with E-state index in [-0.39, 0.29) is 11.4 Å². The molecule has 0 aliphatic rings. The lowest BCUT2D eigenvalue weighted by Crippen LogP contribution is -2.51. The minimum atomic E-state index is -0.484. The van der Waals surface area contributed by atoms with Gasteiger partial charge in [0.1, 0.15) is 0 Å². The van der Waals surface area contributed by atoms with Gasteiger partial charge in [0.05, 0.1) is 5.41 Å². The normalized spacial score (nSPS) is 13.1. The molecule has 0 aromatic rings. The van der Waals surface area contributed by atoms with Gasteiger partial charge in [0.15, 0.2) is 0 Å². The predicted molar refractivity (Wildman–Crippen MR) is 63.6 cm³/mol. The molecule has 3 N–H and O–H groups in total. The van der Waals surface area contributed by atoms with Crippen molar-refractivity contribution in [3.63, 3.8) is 0 Å². The molecular formula is C11H25N3O. The SMILES string of the molecule is CN(C)C(C)(C)CNC(=O)C(C)(C)CN. The summed E-state index contributed by atoms with van der Waals surface area (Å²) in [6.07, 6.45) is 0. The lowest BCUT2D eigenvalue weighted by atomic mass is 9.92. The highest BCUT2D eigenvalue weighted by molar-refractivity contribution is 5.82. The number of carbonyl (C=O) groups is 1. The maximum atomic E-state index is 11.8. The van der Waals surface area contributed by atoms with E-state index in [2.05, 4.69) is 24.1 Å². The average Bonchev–Trinajstić information content (AvgIpc) is 2.13. The summed E-state index contributed by atoms with van der Waals surface area (Å²) in [7, 11) is 4.00. The van der Waals surface area contributed by atoms with Crippen molar-refractivity contribution in [2.75, 3.05) is 27.2 Å². The molecule has 0 rings (SSSR count). The molecule has 0 aromatic carbocycles. The lowest BCUT2D eigenvalue weighted by Gasteiger charge is -2.34. The van der Waals surface area contributed by atoms with Crippen LogP contribution in [0, 0.1) is 5.41 Å². The molecule has 0 fully saturated rings.